The van der Waals surface area contributed by atoms with Crippen LogP contribution in [0.3, 0.4) is 0 Å². The maximum absolute atomic E-state index is 13.9. The summed E-state index contributed by atoms with van der Waals surface area (Å²) in [6.07, 6.45) is 0.634. The van der Waals surface area contributed by atoms with Crippen LogP contribution in [-0.2, 0) is 9.47 Å². The van der Waals surface area contributed by atoms with Gasteiger partial charge in [-0.05, 0) is 18.3 Å². The molecule has 2 N–H and O–H groups in total. The second kappa shape index (κ2) is 7.39. The average Bonchev–Trinajstić information content (AvgIpc) is 3.65. The fourth-order valence-electron chi connectivity index (χ4n) is 5.94. The molecule has 5 rings (SSSR count). The summed E-state index contributed by atoms with van der Waals surface area (Å²) in [7, 11) is 0. The van der Waals surface area contributed by atoms with Crippen LogP contribution in [0.4, 0.5) is 35.1 Å². The minimum atomic E-state index is -3.28. The van der Waals surface area contributed by atoms with E-state index in [1.54, 1.807) is 0 Å². The number of rotatable bonds is 12. The van der Waals surface area contributed by atoms with Crippen molar-refractivity contribution in [3.63, 3.8) is 0 Å². The lowest BCUT2D eigenvalue weighted by Crippen LogP contribution is -2.09. The van der Waals surface area contributed by atoms with Gasteiger partial charge in [0, 0.05) is 36.9 Å². The molecule has 12 heteroatoms. The number of alkyl halides is 8. The van der Waals surface area contributed by atoms with Crippen molar-refractivity contribution in [2.24, 2.45) is 59.2 Å². The normalized spacial score (nSPS) is 48.9. The molecule has 0 unspecified atom stereocenters. The lowest BCUT2D eigenvalue weighted by molar-refractivity contribution is 0.0335. The maximum atomic E-state index is 13.9. The molecule has 190 valence electrons. The molecule has 5 saturated carbocycles. The Morgan fingerprint density at radius 2 is 0.818 bits per heavy atom. The van der Waals surface area contributed by atoms with E-state index in [9.17, 15) is 35.1 Å². The van der Waals surface area contributed by atoms with Crippen LogP contribution >= 0.6 is 0 Å². The molecule has 5 aliphatic carbocycles. The zero-order valence-corrected chi connectivity index (χ0v) is 17.5. The molecular weight excluding hydrogens is 468 g/mol. The number of hydrogen-bond donors (Lipinski definition) is 2. The highest BCUT2D eigenvalue weighted by Gasteiger charge is 2.85. The van der Waals surface area contributed by atoms with E-state index in [4.69, 9.17) is 19.7 Å². The Kier molecular flexibility index (Phi) is 5.38. The number of halogens is 8. The van der Waals surface area contributed by atoms with Gasteiger partial charge in [-0.25, -0.2) is 35.1 Å². The molecule has 0 saturated heterocycles. The summed E-state index contributed by atoms with van der Waals surface area (Å²) in [5.74, 6) is -24.6. The topological polar surface area (TPSA) is 58.9 Å². The number of aliphatic hydroxyl groups is 2. The van der Waals surface area contributed by atoms with E-state index in [0.717, 1.165) is 0 Å². The lowest BCUT2D eigenvalue weighted by atomic mass is 10.2. The van der Waals surface area contributed by atoms with Crippen molar-refractivity contribution in [3.8, 4) is 0 Å². The van der Waals surface area contributed by atoms with Crippen molar-refractivity contribution >= 4 is 0 Å². The quantitative estimate of drug-likeness (QED) is 0.410. The van der Waals surface area contributed by atoms with Crippen LogP contribution in [0.5, 0.6) is 0 Å². The van der Waals surface area contributed by atoms with Gasteiger partial charge in [0.2, 0.25) is 0 Å². The number of ether oxygens (including phenoxy) is 2. The average molecular weight is 494 g/mol. The van der Waals surface area contributed by atoms with Crippen LogP contribution in [0.2, 0.25) is 0 Å². The SMILES string of the molecule is OC[C@@H]1[C@@H]([C@H]2[C@H](COC[C@H]3C[C@@H]3COC[C@H]3[C@H]([C@@H]4[C@@H](CO)C4(F)F)C3(F)F)C2(F)F)C1(F)F. The van der Waals surface area contributed by atoms with Gasteiger partial charge in [0.05, 0.1) is 50.1 Å². The zero-order chi connectivity index (χ0) is 24.1. The van der Waals surface area contributed by atoms with Crippen LogP contribution in [0.25, 0.3) is 0 Å². The monoisotopic (exact) mass is 494 g/mol. The molecule has 0 bridgehead atoms. The Morgan fingerprint density at radius 3 is 1.12 bits per heavy atom. The largest absolute Gasteiger partial charge is 0.396 e. The number of aliphatic hydroxyl groups excluding tert-OH is 2. The number of hydrogen-bond acceptors (Lipinski definition) is 4. The van der Waals surface area contributed by atoms with Crippen molar-refractivity contribution < 1.29 is 54.8 Å². The molecule has 0 spiro atoms. The maximum Gasteiger partial charge on any atom is 0.257 e. The highest BCUT2D eigenvalue weighted by Crippen LogP contribution is 2.73. The molecule has 4 nitrogen and oxygen atoms in total. The van der Waals surface area contributed by atoms with Gasteiger partial charge >= 0.3 is 0 Å². The van der Waals surface area contributed by atoms with Crippen molar-refractivity contribution in [1.82, 2.24) is 0 Å². The third kappa shape index (κ3) is 3.69. The Balaban J connectivity index is 0.981. The molecule has 0 amide bonds. The van der Waals surface area contributed by atoms with E-state index in [0.29, 0.717) is 6.42 Å². The van der Waals surface area contributed by atoms with Gasteiger partial charge in [-0.1, -0.05) is 0 Å². The highest BCUT2D eigenvalue weighted by atomic mass is 19.3. The van der Waals surface area contributed by atoms with Crippen molar-refractivity contribution in [2.75, 3.05) is 39.6 Å². The molecule has 0 radical (unpaired) electrons. The first-order valence-electron chi connectivity index (χ1n) is 11.2. The van der Waals surface area contributed by atoms with Crippen LogP contribution in [0.15, 0.2) is 0 Å². The second-order valence-corrected chi connectivity index (χ2v) is 10.4. The van der Waals surface area contributed by atoms with Crippen molar-refractivity contribution in [2.45, 2.75) is 30.1 Å². The van der Waals surface area contributed by atoms with Gasteiger partial charge in [-0.2, -0.15) is 0 Å². The summed E-state index contributed by atoms with van der Waals surface area (Å²) in [6, 6.07) is 0. The molecule has 5 aliphatic rings. The van der Waals surface area contributed by atoms with E-state index < -0.39 is 84.2 Å². The van der Waals surface area contributed by atoms with Crippen LogP contribution < -0.4 is 0 Å². The predicted octanol–water partition coefficient (Wildman–Crippen LogP) is 3.17. The minimum absolute atomic E-state index is 0.0228. The summed E-state index contributed by atoms with van der Waals surface area (Å²) in [6.45, 7) is -2.17. The summed E-state index contributed by atoms with van der Waals surface area (Å²) in [5.41, 5.74) is 0. The Bertz CT molecular complexity index is 717. The first-order chi connectivity index (χ1) is 15.3. The molecule has 0 aromatic heterocycles. The standard InChI is InChI=1S/C21H26F8O4/c22-18(23)10(2-30)14(18)16-12(20(16,26)27)6-32-4-8-1-9(8)5-33-7-13-17(21(13,28)29)15-11(3-31)19(15,24)25/h8-17,30-31H,1-7H2/t8-,9-,10-,11-,12+,13+,14+,15+,16-,17-/m1/s1. The fraction of sp³-hybridized carbons (Fsp3) is 1.00. The molecular formula is C21H26F8O4. The molecule has 5 fully saturated rings. The summed E-state index contributed by atoms with van der Waals surface area (Å²) < 4.78 is 120. The highest BCUT2D eigenvalue weighted by molar-refractivity contribution is 5.21. The first-order valence-corrected chi connectivity index (χ1v) is 11.2. The third-order valence-corrected chi connectivity index (χ3v) is 8.55. The smallest absolute Gasteiger partial charge is 0.257 e. The molecule has 33 heavy (non-hydrogen) atoms. The van der Waals surface area contributed by atoms with E-state index in [-0.39, 0.29) is 38.3 Å². The lowest BCUT2D eigenvalue weighted by Gasteiger charge is -2.05. The van der Waals surface area contributed by atoms with E-state index in [1.165, 1.54) is 0 Å². The van der Waals surface area contributed by atoms with E-state index in [2.05, 4.69) is 0 Å². The first kappa shape index (κ1) is 24.0. The predicted molar refractivity (Wildman–Crippen MR) is 95.1 cm³/mol. The summed E-state index contributed by atoms with van der Waals surface area (Å²) >= 11 is 0. The van der Waals surface area contributed by atoms with Crippen LogP contribution in [0, 0.1) is 59.2 Å². The fourth-order valence-corrected chi connectivity index (χ4v) is 5.94. The van der Waals surface area contributed by atoms with Crippen LogP contribution in [-0.4, -0.2) is 73.5 Å². The summed E-state index contributed by atoms with van der Waals surface area (Å²) in [5, 5.41) is 17.8. The minimum Gasteiger partial charge on any atom is -0.396 e. The van der Waals surface area contributed by atoms with Gasteiger partial charge in [-0.3, -0.25) is 0 Å². The van der Waals surface area contributed by atoms with Crippen molar-refractivity contribution in [3.05, 3.63) is 0 Å². The van der Waals surface area contributed by atoms with Gasteiger partial charge < -0.3 is 19.7 Å². The molecule has 0 aromatic rings. The van der Waals surface area contributed by atoms with Crippen molar-refractivity contribution in [1.29, 1.82) is 0 Å². The van der Waals surface area contributed by atoms with Crippen LogP contribution in [0.1, 0.15) is 6.42 Å². The van der Waals surface area contributed by atoms with E-state index in [1.807, 2.05) is 0 Å². The third-order valence-electron chi connectivity index (χ3n) is 8.55. The van der Waals surface area contributed by atoms with Gasteiger partial charge in [-0.15, -0.1) is 0 Å². The zero-order valence-electron chi connectivity index (χ0n) is 17.5. The second-order valence-electron chi connectivity index (χ2n) is 10.4. The Morgan fingerprint density at radius 1 is 0.515 bits per heavy atom. The molecule has 0 aromatic carbocycles. The molecule has 0 heterocycles. The Hall–Kier alpha value is -0.720. The van der Waals surface area contributed by atoms with Gasteiger partial charge in [0.25, 0.3) is 23.7 Å². The van der Waals surface area contributed by atoms with Gasteiger partial charge in [0.1, 0.15) is 0 Å². The summed E-state index contributed by atoms with van der Waals surface area (Å²) in [4.78, 5) is 0. The molecule has 0 aliphatic heterocycles. The van der Waals surface area contributed by atoms with E-state index >= 15 is 0 Å². The Labute approximate surface area is 184 Å². The molecule has 10 atom stereocenters. The van der Waals surface area contributed by atoms with Gasteiger partial charge in [0.15, 0.2) is 0 Å².